The molecule has 3 rings (SSSR count). The van der Waals surface area contributed by atoms with Crippen LogP contribution in [0.5, 0.6) is 0 Å². The summed E-state index contributed by atoms with van der Waals surface area (Å²) in [5.41, 5.74) is 0.434. The summed E-state index contributed by atoms with van der Waals surface area (Å²) in [6.45, 7) is 9.23. The lowest BCUT2D eigenvalue weighted by Gasteiger charge is -2.29. The molecule has 3 heterocycles. The van der Waals surface area contributed by atoms with Gasteiger partial charge in [-0.25, -0.2) is 9.19 Å². The summed E-state index contributed by atoms with van der Waals surface area (Å²) in [5.74, 6) is 1.00. The maximum absolute atomic E-state index is 11.3. The zero-order valence-corrected chi connectivity index (χ0v) is 17.5. The quantitative estimate of drug-likeness (QED) is 0.480. The highest BCUT2D eigenvalue weighted by molar-refractivity contribution is 7.76. The fraction of sp³-hybridized carbons (Fsp3) is 0.706. The average Bonchev–Trinajstić information content (AvgIpc) is 3.25. The molecule has 10 nitrogen and oxygen atoms in total. The van der Waals surface area contributed by atoms with Crippen molar-refractivity contribution in [2.24, 2.45) is 0 Å². The van der Waals surface area contributed by atoms with Crippen LogP contribution in [0, 0.1) is 0 Å². The molecule has 1 fully saturated rings. The van der Waals surface area contributed by atoms with E-state index in [0.29, 0.717) is 42.4 Å². The third-order valence-corrected chi connectivity index (χ3v) is 5.86. The van der Waals surface area contributed by atoms with Crippen LogP contribution < -0.4 is 10.6 Å². The highest BCUT2D eigenvalue weighted by Crippen LogP contribution is 2.25. The molecule has 3 atom stereocenters. The van der Waals surface area contributed by atoms with Gasteiger partial charge in [-0.05, 0) is 33.6 Å². The van der Waals surface area contributed by atoms with E-state index in [-0.39, 0.29) is 12.1 Å². The first-order valence-corrected chi connectivity index (χ1v) is 10.6. The van der Waals surface area contributed by atoms with Crippen LogP contribution in [0.4, 0.5) is 11.8 Å². The van der Waals surface area contributed by atoms with Crippen LogP contribution in [0.25, 0.3) is 11.2 Å². The number of hydrogen-bond acceptors (Lipinski definition) is 7. The van der Waals surface area contributed by atoms with Gasteiger partial charge in [0.15, 0.2) is 17.0 Å². The van der Waals surface area contributed by atoms with Gasteiger partial charge in [0.25, 0.3) is 0 Å². The first kappa shape index (κ1) is 20.9. The van der Waals surface area contributed by atoms with Crippen molar-refractivity contribution in [3.8, 4) is 0 Å². The van der Waals surface area contributed by atoms with Crippen molar-refractivity contribution in [3.63, 3.8) is 0 Å². The van der Waals surface area contributed by atoms with Crippen molar-refractivity contribution in [3.05, 3.63) is 6.33 Å². The predicted molar refractivity (Wildman–Crippen MR) is 109 cm³/mol. The molecule has 4 N–H and O–H groups in total. The lowest BCUT2D eigenvalue weighted by molar-refractivity contribution is 0.0577. The maximum atomic E-state index is 11.3. The Bertz CT molecular complexity index is 851. The number of rotatable bonds is 8. The second-order valence-corrected chi connectivity index (χ2v) is 8.58. The van der Waals surface area contributed by atoms with Crippen molar-refractivity contribution in [1.82, 2.24) is 23.8 Å². The minimum absolute atomic E-state index is 0.00918. The largest absolute Gasteiger partial charge is 0.388 e. The van der Waals surface area contributed by atoms with E-state index >= 15 is 0 Å². The van der Waals surface area contributed by atoms with Crippen LogP contribution in [-0.2, 0) is 17.8 Å². The Kier molecular flexibility index (Phi) is 6.18. The number of anilines is 2. The van der Waals surface area contributed by atoms with E-state index in [4.69, 9.17) is 0 Å². The zero-order valence-electron chi connectivity index (χ0n) is 16.7. The van der Waals surface area contributed by atoms with Gasteiger partial charge in [-0.3, -0.25) is 4.55 Å². The molecule has 0 amide bonds. The summed E-state index contributed by atoms with van der Waals surface area (Å²) in [5, 5.41) is 17.0. The fourth-order valence-corrected chi connectivity index (χ4v) is 4.03. The number of fused-ring (bicyclic) bond motifs is 1. The SMILES string of the molecule is CCC(Nc1nc(NC2CCN(S(=O)O)C2)c2ncn(CC)c2n1)C(C)(C)O. The van der Waals surface area contributed by atoms with Crippen LogP contribution >= 0.6 is 0 Å². The van der Waals surface area contributed by atoms with Gasteiger partial charge in [0.2, 0.25) is 17.2 Å². The van der Waals surface area contributed by atoms with Crippen LogP contribution in [-0.4, -0.2) is 68.5 Å². The molecule has 28 heavy (non-hydrogen) atoms. The van der Waals surface area contributed by atoms with Gasteiger partial charge in [0.1, 0.15) is 0 Å². The van der Waals surface area contributed by atoms with E-state index in [0.717, 1.165) is 13.0 Å². The van der Waals surface area contributed by atoms with Gasteiger partial charge >= 0.3 is 0 Å². The number of hydrogen-bond donors (Lipinski definition) is 4. The molecule has 156 valence electrons. The first-order valence-electron chi connectivity index (χ1n) is 9.57. The molecule has 1 aliphatic heterocycles. The Morgan fingerprint density at radius 3 is 2.71 bits per heavy atom. The van der Waals surface area contributed by atoms with Gasteiger partial charge < -0.3 is 20.3 Å². The summed E-state index contributed by atoms with van der Waals surface area (Å²) in [6.07, 6.45) is 3.17. The highest BCUT2D eigenvalue weighted by atomic mass is 32.2. The molecule has 0 aromatic carbocycles. The predicted octanol–water partition coefficient (Wildman–Crippen LogP) is 1.43. The molecule has 2 aromatic rings. The van der Waals surface area contributed by atoms with Crippen LogP contribution in [0.3, 0.4) is 0 Å². The summed E-state index contributed by atoms with van der Waals surface area (Å²) in [4.78, 5) is 13.7. The summed E-state index contributed by atoms with van der Waals surface area (Å²) < 4.78 is 24.0. The number of aliphatic hydroxyl groups is 1. The molecule has 3 unspecified atom stereocenters. The third-order valence-electron chi connectivity index (χ3n) is 5.08. The minimum atomic E-state index is -1.97. The molecular weight excluding hydrogens is 382 g/mol. The maximum Gasteiger partial charge on any atom is 0.234 e. The molecular formula is C17H29N7O3S. The van der Waals surface area contributed by atoms with Gasteiger partial charge in [-0.1, -0.05) is 6.92 Å². The lowest BCUT2D eigenvalue weighted by Crippen LogP contribution is -2.41. The van der Waals surface area contributed by atoms with E-state index in [1.807, 2.05) is 18.4 Å². The monoisotopic (exact) mass is 411 g/mol. The number of nitrogens with one attached hydrogen (secondary N) is 2. The number of aryl methyl sites for hydroxylation is 1. The molecule has 0 spiro atoms. The van der Waals surface area contributed by atoms with Gasteiger partial charge in [0.05, 0.1) is 18.0 Å². The first-order chi connectivity index (χ1) is 13.2. The molecule has 1 saturated heterocycles. The normalized spacial score (nSPS) is 20.4. The Balaban J connectivity index is 1.92. The Hall–Kier alpha value is -1.82. The number of imidazole rings is 1. The zero-order chi connectivity index (χ0) is 20.5. The third kappa shape index (κ3) is 4.43. The lowest BCUT2D eigenvalue weighted by atomic mass is 9.97. The van der Waals surface area contributed by atoms with Gasteiger partial charge in [-0.15, -0.1) is 0 Å². The Labute approximate surface area is 167 Å². The van der Waals surface area contributed by atoms with Crippen LogP contribution in [0.1, 0.15) is 40.5 Å². The van der Waals surface area contributed by atoms with Crippen LogP contribution in [0.2, 0.25) is 0 Å². The van der Waals surface area contributed by atoms with Crippen molar-refractivity contribution in [1.29, 1.82) is 0 Å². The topological polar surface area (TPSA) is 128 Å². The molecule has 2 aromatic heterocycles. The van der Waals surface area contributed by atoms with E-state index in [1.54, 1.807) is 20.2 Å². The molecule has 0 saturated carbocycles. The second kappa shape index (κ2) is 8.27. The number of nitrogens with zero attached hydrogens (tertiary/aromatic N) is 5. The van der Waals surface area contributed by atoms with E-state index in [1.165, 1.54) is 4.31 Å². The molecule has 0 radical (unpaired) electrons. The standard InChI is InChI=1S/C17H29N7O3S/c1-5-12(17(3,4)25)20-16-21-14(13-15(22-16)23(6-2)10-18-13)19-11-7-8-24(9-11)28(26)27/h10-12,25H,5-9H2,1-4H3,(H,26,27)(H2,19,20,21,22). The Morgan fingerprint density at radius 2 is 2.14 bits per heavy atom. The molecule has 0 aliphatic carbocycles. The summed E-state index contributed by atoms with van der Waals surface area (Å²) in [6, 6.07) is -0.223. The van der Waals surface area contributed by atoms with Gasteiger partial charge in [-0.2, -0.15) is 14.3 Å². The van der Waals surface area contributed by atoms with Crippen molar-refractivity contribution < 1.29 is 13.9 Å². The Morgan fingerprint density at radius 1 is 1.39 bits per heavy atom. The second-order valence-electron chi connectivity index (χ2n) is 7.61. The summed E-state index contributed by atoms with van der Waals surface area (Å²) in [7, 11) is 0. The molecule has 0 bridgehead atoms. The smallest absolute Gasteiger partial charge is 0.234 e. The van der Waals surface area contributed by atoms with Crippen molar-refractivity contribution in [2.45, 2.75) is 64.8 Å². The van der Waals surface area contributed by atoms with E-state index < -0.39 is 16.9 Å². The van der Waals surface area contributed by atoms with Crippen molar-refractivity contribution >= 4 is 34.2 Å². The van der Waals surface area contributed by atoms with Gasteiger partial charge in [0, 0.05) is 25.7 Å². The van der Waals surface area contributed by atoms with Crippen LogP contribution in [0.15, 0.2) is 6.33 Å². The molecule has 1 aliphatic rings. The average molecular weight is 412 g/mol. The molecule has 11 heteroatoms. The minimum Gasteiger partial charge on any atom is -0.388 e. The highest BCUT2D eigenvalue weighted by Gasteiger charge is 2.29. The summed E-state index contributed by atoms with van der Waals surface area (Å²) >= 11 is -1.97. The number of aromatic nitrogens is 4. The van der Waals surface area contributed by atoms with Crippen molar-refractivity contribution in [2.75, 3.05) is 23.7 Å². The van der Waals surface area contributed by atoms with E-state index in [9.17, 15) is 13.9 Å². The fourth-order valence-electron chi connectivity index (χ4n) is 3.46. The van der Waals surface area contributed by atoms with E-state index in [2.05, 4.69) is 25.6 Å².